The first-order valence-corrected chi connectivity index (χ1v) is 10.9. The molecule has 1 N–H and O–H groups in total. The molecule has 4 rings (SSSR count). The quantitative estimate of drug-likeness (QED) is 0.490. The van der Waals surface area contributed by atoms with Crippen LogP contribution in [0.4, 0.5) is 5.00 Å². The van der Waals surface area contributed by atoms with Gasteiger partial charge >= 0.3 is 0 Å². The highest BCUT2D eigenvalue weighted by atomic mass is 32.2. The number of benzene rings is 1. The van der Waals surface area contributed by atoms with Gasteiger partial charge in [-0.25, -0.2) is 0 Å². The molecule has 0 saturated carbocycles. The van der Waals surface area contributed by atoms with Crippen molar-refractivity contribution in [1.29, 1.82) is 0 Å². The van der Waals surface area contributed by atoms with E-state index in [1.54, 1.807) is 6.92 Å². The van der Waals surface area contributed by atoms with Crippen LogP contribution in [0, 0.1) is 0 Å². The minimum Gasteiger partial charge on any atom is -0.316 e. The molecule has 0 aliphatic heterocycles. The van der Waals surface area contributed by atoms with Crippen LogP contribution < -0.4 is 5.32 Å². The Morgan fingerprint density at radius 3 is 2.75 bits per heavy atom. The fraction of sp³-hybridized carbons (Fsp3) is 0.300. The molecular weight excluding hydrogens is 392 g/mol. The number of Topliss-reactive ketones (excluding diaryl/α,β-unsaturated/α-hetero) is 1. The fourth-order valence-corrected chi connectivity index (χ4v) is 5.50. The summed E-state index contributed by atoms with van der Waals surface area (Å²) >= 11 is 2.87. The number of thiophene rings is 1. The SMILES string of the molecule is CC(=O)c1c(NC(=O)CSc2nnc(-c3ccccc3)n2C)sc2c1CCC2. The average molecular weight is 413 g/mol. The highest BCUT2D eigenvalue weighted by Crippen LogP contribution is 2.39. The van der Waals surface area contributed by atoms with Gasteiger partial charge in [-0.2, -0.15) is 0 Å². The first kappa shape index (κ1) is 18.9. The number of fused-ring (bicyclic) bond motifs is 1. The number of amides is 1. The second-order valence-corrected chi connectivity index (χ2v) is 8.73. The molecule has 0 fully saturated rings. The van der Waals surface area contributed by atoms with Crippen LogP contribution in [-0.4, -0.2) is 32.2 Å². The number of hydrogen-bond acceptors (Lipinski definition) is 6. The predicted octanol–water partition coefficient (Wildman–Crippen LogP) is 3.97. The standard InChI is InChI=1S/C20H20N4O2S2/c1-12(25)17-14-9-6-10-15(14)28-19(17)21-16(26)11-27-20-23-22-18(24(20)2)13-7-4-3-5-8-13/h3-5,7-8H,6,9-11H2,1-2H3,(H,21,26). The van der Waals surface area contributed by atoms with Crippen molar-refractivity contribution in [3.05, 3.63) is 46.3 Å². The summed E-state index contributed by atoms with van der Waals surface area (Å²) in [5.41, 5.74) is 2.80. The number of carbonyl (C=O) groups excluding carboxylic acids is 2. The summed E-state index contributed by atoms with van der Waals surface area (Å²) in [5.74, 6) is 0.845. The lowest BCUT2D eigenvalue weighted by Crippen LogP contribution is -2.15. The van der Waals surface area contributed by atoms with Gasteiger partial charge in [-0.3, -0.25) is 9.59 Å². The molecule has 144 valence electrons. The molecule has 0 saturated heterocycles. The van der Waals surface area contributed by atoms with E-state index in [0.717, 1.165) is 36.2 Å². The van der Waals surface area contributed by atoms with Crippen LogP contribution in [0.2, 0.25) is 0 Å². The lowest BCUT2D eigenvalue weighted by molar-refractivity contribution is -0.113. The van der Waals surface area contributed by atoms with E-state index in [2.05, 4.69) is 15.5 Å². The molecule has 0 unspecified atom stereocenters. The van der Waals surface area contributed by atoms with Crippen molar-refractivity contribution in [2.75, 3.05) is 11.1 Å². The number of anilines is 1. The Morgan fingerprint density at radius 1 is 1.21 bits per heavy atom. The van der Waals surface area contributed by atoms with Crippen LogP contribution in [0.15, 0.2) is 35.5 Å². The van der Waals surface area contributed by atoms with E-state index in [0.29, 0.717) is 15.7 Å². The molecular formula is C20H20N4O2S2. The smallest absolute Gasteiger partial charge is 0.235 e. The Kier molecular flexibility index (Phi) is 5.32. The third kappa shape index (κ3) is 3.62. The van der Waals surface area contributed by atoms with Gasteiger partial charge in [0.1, 0.15) is 5.00 Å². The summed E-state index contributed by atoms with van der Waals surface area (Å²) in [6.45, 7) is 1.57. The lowest BCUT2D eigenvalue weighted by atomic mass is 10.1. The molecule has 0 spiro atoms. The molecule has 1 amide bonds. The van der Waals surface area contributed by atoms with Gasteiger partial charge in [0.05, 0.1) is 11.3 Å². The van der Waals surface area contributed by atoms with Gasteiger partial charge in [0.2, 0.25) is 5.91 Å². The molecule has 0 bridgehead atoms. The van der Waals surface area contributed by atoms with Gasteiger partial charge in [0.15, 0.2) is 16.8 Å². The second-order valence-electron chi connectivity index (χ2n) is 6.69. The van der Waals surface area contributed by atoms with Crippen molar-refractivity contribution in [2.24, 2.45) is 7.05 Å². The lowest BCUT2D eigenvalue weighted by Gasteiger charge is -2.06. The van der Waals surface area contributed by atoms with E-state index in [4.69, 9.17) is 0 Å². The third-order valence-electron chi connectivity index (χ3n) is 4.73. The summed E-state index contributed by atoms with van der Waals surface area (Å²) in [6, 6.07) is 9.81. The number of aryl methyl sites for hydroxylation is 1. The van der Waals surface area contributed by atoms with Crippen molar-refractivity contribution in [2.45, 2.75) is 31.3 Å². The van der Waals surface area contributed by atoms with E-state index in [-0.39, 0.29) is 17.4 Å². The third-order valence-corrected chi connectivity index (χ3v) is 6.95. The minimum absolute atomic E-state index is 0.0168. The Balaban J connectivity index is 1.44. The van der Waals surface area contributed by atoms with Gasteiger partial charge in [-0.05, 0) is 31.7 Å². The maximum Gasteiger partial charge on any atom is 0.235 e. The minimum atomic E-state index is -0.142. The van der Waals surface area contributed by atoms with Crippen LogP contribution in [0.5, 0.6) is 0 Å². The van der Waals surface area contributed by atoms with Crippen molar-refractivity contribution >= 4 is 39.8 Å². The molecule has 8 heteroatoms. The Labute approximate surface area is 171 Å². The Morgan fingerprint density at radius 2 is 2.00 bits per heavy atom. The van der Waals surface area contributed by atoms with E-state index in [1.165, 1.54) is 28.0 Å². The Hall–Kier alpha value is -2.45. The summed E-state index contributed by atoms with van der Waals surface area (Å²) < 4.78 is 1.88. The number of aromatic nitrogens is 3. The van der Waals surface area contributed by atoms with Crippen LogP contribution >= 0.6 is 23.1 Å². The van der Waals surface area contributed by atoms with Crippen LogP contribution in [-0.2, 0) is 24.7 Å². The van der Waals surface area contributed by atoms with E-state index in [9.17, 15) is 9.59 Å². The number of nitrogens with zero attached hydrogens (tertiary/aromatic N) is 3. The number of rotatable bonds is 6. The van der Waals surface area contributed by atoms with Gasteiger partial charge in [0.25, 0.3) is 0 Å². The molecule has 2 heterocycles. The van der Waals surface area contributed by atoms with Crippen LogP contribution in [0.25, 0.3) is 11.4 Å². The summed E-state index contributed by atoms with van der Waals surface area (Å²) in [5, 5.41) is 12.7. The maximum atomic E-state index is 12.5. The zero-order valence-electron chi connectivity index (χ0n) is 15.7. The summed E-state index contributed by atoms with van der Waals surface area (Å²) in [4.78, 5) is 25.8. The zero-order valence-corrected chi connectivity index (χ0v) is 17.3. The number of hydrogen-bond donors (Lipinski definition) is 1. The van der Waals surface area contributed by atoms with E-state index in [1.807, 2.05) is 41.9 Å². The highest BCUT2D eigenvalue weighted by Gasteiger charge is 2.25. The average Bonchev–Trinajstić information content (AvgIpc) is 3.35. The molecule has 0 atom stereocenters. The van der Waals surface area contributed by atoms with Crippen LogP contribution in [0.1, 0.15) is 34.1 Å². The van der Waals surface area contributed by atoms with Crippen molar-refractivity contribution in [3.8, 4) is 11.4 Å². The normalized spacial score (nSPS) is 12.8. The maximum absolute atomic E-state index is 12.5. The number of nitrogens with one attached hydrogen (secondary N) is 1. The number of ketones is 1. The second kappa shape index (κ2) is 7.89. The van der Waals surface area contributed by atoms with Crippen molar-refractivity contribution < 1.29 is 9.59 Å². The Bertz CT molecular complexity index is 1040. The summed E-state index contributed by atoms with van der Waals surface area (Å²) in [7, 11) is 1.89. The topological polar surface area (TPSA) is 76.9 Å². The summed E-state index contributed by atoms with van der Waals surface area (Å²) in [6.07, 6.45) is 3.00. The molecule has 1 aliphatic carbocycles. The molecule has 6 nitrogen and oxygen atoms in total. The van der Waals surface area contributed by atoms with Crippen LogP contribution in [0.3, 0.4) is 0 Å². The molecule has 2 aromatic heterocycles. The van der Waals surface area contributed by atoms with Gasteiger partial charge in [-0.1, -0.05) is 42.1 Å². The molecule has 1 aliphatic rings. The predicted molar refractivity (Wildman–Crippen MR) is 112 cm³/mol. The molecule has 28 heavy (non-hydrogen) atoms. The number of carbonyl (C=O) groups is 2. The fourth-order valence-electron chi connectivity index (χ4n) is 3.44. The van der Waals surface area contributed by atoms with Gasteiger partial charge in [-0.15, -0.1) is 21.5 Å². The first-order valence-electron chi connectivity index (χ1n) is 9.07. The van der Waals surface area contributed by atoms with E-state index >= 15 is 0 Å². The van der Waals surface area contributed by atoms with Crippen molar-refractivity contribution in [1.82, 2.24) is 14.8 Å². The monoisotopic (exact) mass is 412 g/mol. The van der Waals surface area contributed by atoms with Gasteiger partial charge in [0, 0.05) is 17.5 Å². The number of thioether (sulfide) groups is 1. The largest absolute Gasteiger partial charge is 0.316 e. The zero-order chi connectivity index (χ0) is 19.7. The molecule has 1 aromatic carbocycles. The highest BCUT2D eigenvalue weighted by molar-refractivity contribution is 7.99. The first-order chi connectivity index (χ1) is 13.5. The van der Waals surface area contributed by atoms with E-state index < -0.39 is 0 Å². The molecule has 0 radical (unpaired) electrons. The van der Waals surface area contributed by atoms with Gasteiger partial charge < -0.3 is 9.88 Å². The van der Waals surface area contributed by atoms with Crippen molar-refractivity contribution in [3.63, 3.8) is 0 Å². The molecule has 3 aromatic rings.